The molecular weight excluding hydrogens is 452 g/mol. The molecule has 6 nitrogen and oxygen atoms in total. The Morgan fingerprint density at radius 3 is 2.38 bits per heavy atom. The van der Waals surface area contributed by atoms with Crippen molar-refractivity contribution >= 4 is 11.9 Å². The van der Waals surface area contributed by atoms with Crippen LogP contribution in [0.25, 0.3) is 11.3 Å². The lowest BCUT2D eigenvalue weighted by Gasteiger charge is -2.35. The second-order valence-corrected chi connectivity index (χ2v) is 7.67. The highest BCUT2D eigenvalue weighted by Gasteiger charge is 2.33. The van der Waals surface area contributed by atoms with Crippen LogP contribution in [0.3, 0.4) is 0 Å². The van der Waals surface area contributed by atoms with Gasteiger partial charge in [-0.15, -0.1) is 0 Å². The van der Waals surface area contributed by atoms with Crippen LogP contribution < -0.4 is 9.64 Å². The van der Waals surface area contributed by atoms with Gasteiger partial charge in [0.05, 0.1) is 23.4 Å². The van der Waals surface area contributed by atoms with Crippen molar-refractivity contribution < 1.29 is 27.1 Å². The first-order chi connectivity index (χ1) is 16.3. The van der Waals surface area contributed by atoms with E-state index in [0.29, 0.717) is 43.8 Å². The molecule has 0 N–H and O–H groups in total. The minimum absolute atomic E-state index is 0.200. The number of hydrogen-bond donors (Lipinski definition) is 0. The highest BCUT2D eigenvalue weighted by molar-refractivity contribution is 5.95. The fourth-order valence-corrected chi connectivity index (χ4v) is 3.70. The van der Waals surface area contributed by atoms with Crippen LogP contribution in [0.15, 0.2) is 54.7 Å². The van der Waals surface area contributed by atoms with Crippen LogP contribution >= 0.6 is 0 Å². The molecule has 0 unspecified atom stereocenters. The number of rotatable bonds is 5. The molecule has 0 bridgehead atoms. The second-order valence-electron chi connectivity index (χ2n) is 7.67. The molecule has 0 atom stereocenters. The fourth-order valence-electron chi connectivity index (χ4n) is 3.70. The van der Waals surface area contributed by atoms with Crippen molar-refractivity contribution in [2.24, 2.45) is 0 Å². The third kappa shape index (κ3) is 5.11. The zero-order valence-electron chi connectivity index (χ0n) is 18.3. The fraction of sp³-hybridized carbons (Fsp3) is 0.292. The molecule has 4 rings (SSSR count). The van der Waals surface area contributed by atoms with E-state index < -0.39 is 29.0 Å². The van der Waals surface area contributed by atoms with E-state index in [4.69, 9.17) is 4.74 Å². The van der Waals surface area contributed by atoms with Gasteiger partial charge in [0.2, 0.25) is 5.95 Å². The monoisotopic (exact) mass is 474 g/mol. The number of aromatic nitrogens is 2. The molecule has 2 aromatic carbocycles. The zero-order valence-corrected chi connectivity index (χ0v) is 18.3. The maximum atomic E-state index is 14.1. The van der Waals surface area contributed by atoms with Crippen LogP contribution in [0.5, 0.6) is 5.75 Å². The maximum absolute atomic E-state index is 14.1. The first-order valence-corrected chi connectivity index (χ1v) is 10.7. The van der Waals surface area contributed by atoms with E-state index in [1.807, 2.05) is 36.1 Å². The molecule has 1 amide bonds. The first-order valence-electron chi connectivity index (χ1n) is 10.7. The van der Waals surface area contributed by atoms with Crippen LogP contribution in [0.1, 0.15) is 22.8 Å². The van der Waals surface area contributed by atoms with Gasteiger partial charge in [-0.25, -0.2) is 14.4 Å². The normalized spacial score (nSPS) is 14.3. The van der Waals surface area contributed by atoms with E-state index in [1.165, 1.54) is 4.90 Å². The van der Waals surface area contributed by atoms with Gasteiger partial charge in [0, 0.05) is 37.9 Å². The minimum Gasteiger partial charge on any atom is -0.494 e. The van der Waals surface area contributed by atoms with E-state index in [-0.39, 0.29) is 13.1 Å². The molecule has 178 valence electrons. The quantitative estimate of drug-likeness (QED) is 0.504. The Balaban J connectivity index is 1.44. The van der Waals surface area contributed by atoms with Gasteiger partial charge in [-0.2, -0.15) is 13.2 Å². The number of ether oxygens (including phenoxy) is 1. The summed E-state index contributed by atoms with van der Waals surface area (Å²) >= 11 is 0. The van der Waals surface area contributed by atoms with E-state index in [9.17, 15) is 22.4 Å². The van der Waals surface area contributed by atoms with Gasteiger partial charge in [0.25, 0.3) is 5.91 Å². The Morgan fingerprint density at radius 2 is 1.74 bits per heavy atom. The number of carbonyl (C=O) groups excluding carboxylic acids is 1. The molecule has 0 saturated carbocycles. The summed E-state index contributed by atoms with van der Waals surface area (Å²) in [5.41, 5.74) is -0.0362. The summed E-state index contributed by atoms with van der Waals surface area (Å²) in [4.78, 5) is 24.9. The van der Waals surface area contributed by atoms with E-state index in [1.54, 1.807) is 12.3 Å². The van der Waals surface area contributed by atoms with Gasteiger partial charge in [-0.1, -0.05) is 0 Å². The average molecular weight is 474 g/mol. The molecular formula is C24H22F4N4O2. The predicted octanol–water partition coefficient (Wildman–Crippen LogP) is 4.66. The predicted molar refractivity (Wildman–Crippen MR) is 118 cm³/mol. The molecule has 10 heteroatoms. The highest BCUT2D eigenvalue weighted by Crippen LogP contribution is 2.31. The molecule has 1 saturated heterocycles. The summed E-state index contributed by atoms with van der Waals surface area (Å²) < 4.78 is 58.5. The van der Waals surface area contributed by atoms with Crippen molar-refractivity contribution in [3.63, 3.8) is 0 Å². The molecule has 1 aromatic heterocycles. The molecule has 0 radical (unpaired) electrons. The highest BCUT2D eigenvalue weighted by atomic mass is 19.4. The summed E-state index contributed by atoms with van der Waals surface area (Å²) in [5.74, 6) is -0.513. The van der Waals surface area contributed by atoms with Crippen molar-refractivity contribution in [1.29, 1.82) is 0 Å². The Labute approximate surface area is 193 Å². The third-order valence-electron chi connectivity index (χ3n) is 5.48. The van der Waals surface area contributed by atoms with Gasteiger partial charge in [-0.05, 0) is 55.5 Å². The van der Waals surface area contributed by atoms with Crippen molar-refractivity contribution in [2.45, 2.75) is 13.1 Å². The Morgan fingerprint density at radius 1 is 1.03 bits per heavy atom. The lowest BCUT2D eigenvalue weighted by atomic mass is 10.1. The largest absolute Gasteiger partial charge is 0.494 e. The minimum atomic E-state index is -4.66. The molecule has 1 aliphatic heterocycles. The molecule has 34 heavy (non-hydrogen) atoms. The summed E-state index contributed by atoms with van der Waals surface area (Å²) in [6, 6.07) is 11.2. The first kappa shape index (κ1) is 23.5. The van der Waals surface area contributed by atoms with Crippen molar-refractivity contribution in [3.8, 4) is 17.0 Å². The third-order valence-corrected chi connectivity index (χ3v) is 5.48. The van der Waals surface area contributed by atoms with Crippen LogP contribution in [-0.4, -0.2) is 53.6 Å². The van der Waals surface area contributed by atoms with Crippen molar-refractivity contribution in [2.75, 3.05) is 37.7 Å². The number of halogens is 4. The van der Waals surface area contributed by atoms with Gasteiger partial charge >= 0.3 is 6.18 Å². The SMILES string of the molecule is CCOc1ccc(-c2ccnc(N3CCN(C(=O)c4cc(C(F)(F)F)ccc4F)CC3)n2)cc1. The number of amides is 1. The standard InChI is InChI=1S/C24H22F4N4O2/c1-2-34-18-6-3-16(4-7-18)21-9-10-29-23(30-21)32-13-11-31(12-14-32)22(33)19-15-17(24(26,27)28)5-8-20(19)25/h3-10,15H,2,11-14H2,1H3. The molecule has 3 aromatic rings. The average Bonchev–Trinajstić information content (AvgIpc) is 2.84. The summed E-state index contributed by atoms with van der Waals surface area (Å²) in [7, 11) is 0. The van der Waals surface area contributed by atoms with Crippen molar-refractivity contribution in [1.82, 2.24) is 14.9 Å². The van der Waals surface area contributed by atoms with Crippen molar-refractivity contribution in [3.05, 3.63) is 71.7 Å². The number of benzene rings is 2. The number of nitrogens with zero attached hydrogens (tertiary/aromatic N) is 4. The number of anilines is 1. The number of alkyl halides is 3. The Kier molecular flexibility index (Phi) is 6.67. The second kappa shape index (κ2) is 9.66. The molecule has 1 fully saturated rings. The maximum Gasteiger partial charge on any atom is 0.416 e. The Bertz CT molecular complexity index is 1160. The topological polar surface area (TPSA) is 58.6 Å². The molecule has 0 spiro atoms. The molecule has 2 heterocycles. The van der Waals surface area contributed by atoms with Crippen LogP contribution in [0.4, 0.5) is 23.5 Å². The lowest BCUT2D eigenvalue weighted by molar-refractivity contribution is -0.137. The smallest absolute Gasteiger partial charge is 0.416 e. The molecule has 0 aliphatic carbocycles. The van der Waals surface area contributed by atoms with Gasteiger partial charge in [0.15, 0.2) is 0 Å². The Hall–Kier alpha value is -3.69. The lowest BCUT2D eigenvalue weighted by Crippen LogP contribution is -2.49. The van der Waals surface area contributed by atoms with Crippen LogP contribution in [0.2, 0.25) is 0 Å². The van der Waals surface area contributed by atoms with Gasteiger partial charge in [-0.3, -0.25) is 4.79 Å². The summed E-state index contributed by atoms with van der Waals surface area (Å²) in [5, 5.41) is 0. The number of carbonyl (C=O) groups is 1. The zero-order chi connectivity index (χ0) is 24.3. The number of hydrogen-bond acceptors (Lipinski definition) is 5. The summed E-state index contributed by atoms with van der Waals surface area (Å²) in [6.07, 6.45) is -3.02. The molecule has 1 aliphatic rings. The van der Waals surface area contributed by atoms with Crippen LogP contribution in [0, 0.1) is 5.82 Å². The van der Waals surface area contributed by atoms with E-state index in [0.717, 1.165) is 17.0 Å². The summed E-state index contributed by atoms with van der Waals surface area (Å²) in [6.45, 7) is 3.61. The van der Waals surface area contributed by atoms with E-state index >= 15 is 0 Å². The van der Waals surface area contributed by atoms with Gasteiger partial charge < -0.3 is 14.5 Å². The van der Waals surface area contributed by atoms with Gasteiger partial charge in [0.1, 0.15) is 11.6 Å². The van der Waals surface area contributed by atoms with Crippen LogP contribution in [-0.2, 0) is 6.18 Å². The van der Waals surface area contributed by atoms with E-state index in [2.05, 4.69) is 9.97 Å². The number of piperazine rings is 1.